The number of rotatable bonds is 10. The van der Waals surface area contributed by atoms with E-state index in [1.807, 2.05) is 20.8 Å². The van der Waals surface area contributed by atoms with Gasteiger partial charge in [-0.3, -0.25) is 4.99 Å². The minimum atomic E-state index is -0.306. The Morgan fingerprint density at radius 2 is 2.04 bits per heavy atom. The maximum absolute atomic E-state index is 12.0. The van der Waals surface area contributed by atoms with Gasteiger partial charge in [-0.2, -0.15) is 0 Å². The average Bonchev–Trinajstić information content (AvgIpc) is 3.03. The van der Waals surface area contributed by atoms with Crippen LogP contribution in [-0.2, 0) is 4.74 Å². The Balaban J connectivity index is 2.75. The number of aromatic nitrogens is 1. The Kier molecular flexibility index (Phi) is 10.3. The third kappa shape index (κ3) is 7.46. The molecule has 0 amide bonds. The van der Waals surface area contributed by atoms with Gasteiger partial charge in [-0.25, -0.2) is 9.78 Å². The Bertz CT molecular complexity index is 617. The van der Waals surface area contributed by atoms with Gasteiger partial charge in [0.05, 0.1) is 24.9 Å². The van der Waals surface area contributed by atoms with Crippen molar-refractivity contribution in [3.05, 3.63) is 15.6 Å². The van der Waals surface area contributed by atoms with E-state index in [1.54, 1.807) is 6.92 Å². The van der Waals surface area contributed by atoms with Gasteiger partial charge in [0.1, 0.15) is 9.88 Å². The van der Waals surface area contributed by atoms with E-state index in [4.69, 9.17) is 4.74 Å². The summed E-state index contributed by atoms with van der Waals surface area (Å²) < 4.78 is 5.10. The summed E-state index contributed by atoms with van der Waals surface area (Å²) in [5.74, 6) is 0.452. The molecule has 0 saturated carbocycles. The molecule has 1 aromatic rings. The first-order valence-corrected chi connectivity index (χ1v) is 10.5. The van der Waals surface area contributed by atoms with Crippen molar-refractivity contribution in [1.29, 1.82) is 0 Å². The lowest BCUT2D eigenvalue weighted by Gasteiger charge is -2.23. The molecule has 1 aromatic heterocycles. The molecule has 1 rings (SSSR count). The van der Waals surface area contributed by atoms with Gasteiger partial charge in [0.2, 0.25) is 0 Å². The largest absolute Gasteiger partial charge is 0.462 e. The van der Waals surface area contributed by atoms with E-state index in [-0.39, 0.29) is 12.0 Å². The molecule has 0 fully saturated rings. The van der Waals surface area contributed by atoms with Gasteiger partial charge in [0, 0.05) is 19.1 Å². The van der Waals surface area contributed by atoms with Crippen LogP contribution in [0, 0.1) is 6.92 Å². The normalized spacial score (nSPS) is 14.1. The molecule has 8 heteroatoms. The monoisotopic (exact) mass is 397 g/mol. The van der Waals surface area contributed by atoms with E-state index in [9.17, 15) is 4.79 Å². The molecule has 1 heterocycles. The molecule has 0 aliphatic heterocycles. The fraction of sp³-hybridized carbons (Fsp3) is 0.737. The molecule has 27 heavy (non-hydrogen) atoms. The summed E-state index contributed by atoms with van der Waals surface area (Å²) in [6.07, 6.45) is 1.13. The van der Waals surface area contributed by atoms with Crippen LogP contribution in [0.1, 0.15) is 67.5 Å². The maximum Gasteiger partial charge on any atom is 0.350 e. The number of hydrogen-bond acceptors (Lipinski definition) is 6. The Morgan fingerprint density at radius 1 is 1.33 bits per heavy atom. The molecule has 0 spiro atoms. The zero-order valence-corrected chi connectivity index (χ0v) is 18.6. The fourth-order valence-electron chi connectivity index (χ4n) is 2.43. The van der Waals surface area contributed by atoms with Gasteiger partial charge < -0.3 is 20.3 Å². The molecule has 154 valence electrons. The van der Waals surface area contributed by atoms with Crippen LogP contribution >= 0.6 is 11.3 Å². The van der Waals surface area contributed by atoms with Crippen molar-refractivity contribution in [2.45, 2.75) is 60.0 Å². The van der Waals surface area contributed by atoms with Crippen molar-refractivity contribution in [2.75, 3.05) is 33.3 Å². The molecular weight excluding hydrogens is 362 g/mol. The number of likely N-dealkylation sites (N-methyl/N-ethyl adjacent to an activating group) is 1. The highest BCUT2D eigenvalue weighted by Crippen LogP contribution is 2.24. The number of hydrogen-bond donors (Lipinski definition) is 2. The van der Waals surface area contributed by atoms with Gasteiger partial charge in [-0.15, -0.1) is 11.3 Å². The number of aryl methyl sites for hydroxylation is 1. The first kappa shape index (κ1) is 23.4. The van der Waals surface area contributed by atoms with Gasteiger partial charge >= 0.3 is 5.97 Å². The number of ether oxygens (including phenoxy) is 1. The van der Waals surface area contributed by atoms with Crippen molar-refractivity contribution >= 4 is 23.3 Å². The number of nitrogens with one attached hydrogen (secondary N) is 2. The zero-order valence-electron chi connectivity index (χ0n) is 17.8. The van der Waals surface area contributed by atoms with Crippen LogP contribution in [0.4, 0.5) is 0 Å². The summed E-state index contributed by atoms with van der Waals surface area (Å²) in [5.41, 5.74) is 0.708. The molecule has 0 radical (unpaired) electrons. The molecule has 7 nitrogen and oxygen atoms in total. The van der Waals surface area contributed by atoms with Crippen LogP contribution in [0.25, 0.3) is 0 Å². The molecule has 2 N–H and O–H groups in total. The van der Waals surface area contributed by atoms with Gasteiger partial charge in [-0.05, 0) is 48.1 Å². The number of carbonyl (C=O) groups excluding carboxylic acids is 1. The molecule has 2 atom stereocenters. The quantitative estimate of drug-likeness (QED) is 0.359. The summed E-state index contributed by atoms with van der Waals surface area (Å²) in [6, 6.07) is 0.497. The number of carbonyl (C=O) groups is 1. The van der Waals surface area contributed by atoms with Gasteiger partial charge in [-0.1, -0.05) is 6.92 Å². The summed E-state index contributed by atoms with van der Waals surface area (Å²) in [7, 11) is 2.13. The average molecular weight is 398 g/mol. The van der Waals surface area contributed by atoms with E-state index < -0.39 is 0 Å². The smallest absolute Gasteiger partial charge is 0.350 e. The van der Waals surface area contributed by atoms with Crippen LogP contribution in [0.5, 0.6) is 0 Å². The maximum atomic E-state index is 12.0. The standard InChI is InChI=1S/C19H35N5O2S/c1-8-13(4)24(7)12-11-21-19(20-9-2)23-15(6)17-22-14(5)16(27-17)18(25)26-10-3/h13,15H,8-12H2,1-7H3,(H2,20,21,23). The van der Waals surface area contributed by atoms with E-state index in [1.165, 1.54) is 11.3 Å². The summed E-state index contributed by atoms with van der Waals surface area (Å²) in [5, 5.41) is 7.49. The molecule has 2 unspecified atom stereocenters. The molecule has 0 aliphatic carbocycles. The van der Waals surface area contributed by atoms with E-state index in [2.05, 4.69) is 46.4 Å². The van der Waals surface area contributed by atoms with Crippen LogP contribution in [0.15, 0.2) is 4.99 Å². The summed E-state index contributed by atoms with van der Waals surface area (Å²) >= 11 is 1.37. The van der Waals surface area contributed by atoms with Crippen molar-refractivity contribution < 1.29 is 9.53 Å². The van der Waals surface area contributed by atoms with Crippen LogP contribution in [0.2, 0.25) is 0 Å². The molecule has 0 saturated heterocycles. The second-order valence-corrected chi connectivity index (χ2v) is 7.58. The van der Waals surface area contributed by atoms with E-state index >= 15 is 0 Å². The lowest BCUT2D eigenvalue weighted by molar-refractivity contribution is 0.0531. The number of thiazole rings is 1. The molecule has 0 aromatic carbocycles. The number of esters is 1. The highest BCUT2D eigenvalue weighted by Gasteiger charge is 2.20. The predicted octanol–water partition coefficient (Wildman–Crippen LogP) is 2.97. The fourth-order valence-corrected chi connectivity index (χ4v) is 3.39. The second kappa shape index (κ2) is 11.9. The van der Waals surface area contributed by atoms with Crippen LogP contribution < -0.4 is 10.6 Å². The third-order valence-corrected chi connectivity index (χ3v) is 5.73. The van der Waals surface area contributed by atoms with Crippen molar-refractivity contribution in [2.24, 2.45) is 4.99 Å². The number of aliphatic imine (C=N–C) groups is 1. The zero-order chi connectivity index (χ0) is 20.4. The molecule has 0 aliphatic rings. The van der Waals surface area contributed by atoms with Crippen molar-refractivity contribution in [3.63, 3.8) is 0 Å². The van der Waals surface area contributed by atoms with Crippen LogP contribution in [-0.4, -0.2) is 61.1 Å². The van der Waals surface area contributed by atoms with Crippen molar-refractivity contribution in [1.82, 2.24) is 20.5 Å². The Hall–Kier alpha value is -1.67. The third-order valence-electron chi connectivity index (χ3n) is 4.41. The lowest BCUT2D eigenvalue weighted by Crippen LogP contribution is -2.39. The Labute approximate surface area is 167 Å². The second-order valence-electron chi connectivity index (χ2n) is 6.55. The van der Waals surface area contributed by atoms with Crippen molar-refractivity contribution in [3.8, 4) is 0 Å². The van der Waals surface area contributed by atoms with E-state index in [0.717, 1.165) is 30.5 Å². The van der Waals surface area contributed by atoms with E-state index in [0.29, 0.717) is 29.8 Å². The minimum absolute atomic E-state index is 0.0537. The number of nitrogens with zero attached hydrogens (tertiary/aromatic N) is 3. The lowest BCUT2D eigenvalue weighted by atomic mass is 10.2. The summed E-state index contributed by atoms with van der Waals surface area (Å²) in [4.78, 5) is 24.1. The van der Waals surface area contributed by atoms with Gasteiger partial charge in [0.15, 0.2) is 5.96 Å². The molecular formula is C19H35N5O2S. The highest BCUT2D eigenvalue weighted by atomic mass is 32.1. The topological polar surface area (TPSA) is 78.9 Å². The first-order chi connectivity index (χ1) is 12.8. The highest BCUT2D eigenvalue weighted by molar-refractivity contribution is 7.13. The van der Waals surface area contributed by atoms with Gasteiger partial charge in [0.25, 0.3) is 0 Å². The Morgan fingerprint density at radius 3 is 2.63 bits per heavy atom. The number of guanidine groups is 1. The first-order valence-electron chi connectivity index (χ1n) is 9.73. The predicted molar refractivity (Wildman–Crippen MR) is 113 cm³/mol. The SMILES string of the molecule is CCNC(=NCCN(C)C(C)CC)NC(C)c1nc(C)c(C(=O)OCC)s1. The summed E-state index contributed by atoms with van der Waals surface area (Å²) in [6.45, 7) is 14.9. The minimum Gasteiger partial charge on any atom is -0.462 e. The molecule has 0 bridgehead atoms. The van der Waals surface area contributed by atoms with Crippen LogP contribution in [0.3, 0.4) is 0 Å².